The molecule has 4 rings (SSSR count). The van der Waals surface area contributed by atoms with Crippen molar-refractivity contribution in [2.24, 2.45) is 0 Å². The summed E-state index contributed by atoms with van der Waals surface area (Å²) >= 11 is 7.58. The number of nitrogens with zero attached hydrogens (tertiary/aromatic N) is 2. The first-order valence-corrected chi connectivity index (χ1v) is 14.2. The number of esters is 2. The Morgan fingerprint density at radius 3 is 2.02 bits per heavy atom. The molecule has 4 aromatic carbocycles. The van der Waals surface area contributed by atoms with Gasteiger partial charge < -0.3 is 23.4 Å². The maximum absolute atomic E-state index is 12.5. The second-order valence-electron chi connectivity index (χ2n) is 9.41. The molecule has 0 aliphatic carbocycles. The van der Waals surface area contributed by atoms with E-state index in [1.807, 2.05) is 90.1 Å². The molecule has 0 radical (unpaired) electrons. The van der Waals surface area contributed by atoms with Crippen molar-refractivity contribution in [3.63, 3.8) is 0 Å². The third kappa shape index (κ3) is 7.65. The van der Waals surface area contributed by atoms with E-state index in [9.17, 15) is 9.59 Å². The number of methoxy groups -OCH3 is 3. The van der Waals surface area contributed by atoms with E-state index in [4.69, 9.17) is 25.8 Å². The molecule has 0 aromatic heterocycles. The molecule has 1 atom stereocenters. The van der Waals surface area contributed by atoms with Crippen molar-refractivity contribution in [1.82, 2.24) is 0 Å². The molecule has 0 bridgehead atoms. The molecular formula is C32H33ClN2O5S. The van der Waals surface area contributed by atoms with Crippen LogP contribution in [0.5, 0.6) is 5.75 Å². The lowest BCUT2D eigenvalue weighted by Gasteiger charge is -2.33. The lowest BCUT2D eigenvalue weighted by molar-refractivity contribution is -0.141. The van der Waals surface area contributed by atoms with Crippen molar-refractivity contribution in [2.75, 3.05) is 37.1 Å². The van der Waals surface area contributed by atoms with Crippen molar-refractivity contribution >= 4 is 57.6 Å². The molecular weight excluding hydrogens is 560 g/mol. The molecule has 0 N–H and O–H groups in total. The molecule has 0 aliphatic rings. The molecule has 0 saturated carbocycles. The molecule has 0 saturated heterocycles. The van der Waals surface area contributed by atoms with Crippen molar-refractivity contribution < 1.29 is 23.8 Å². The summed E-state index contributed by atoms with van der Waals surface area (Å²) in [6, 6.07) is 27.3. The Balaban J connectivity index is 1.79. The van der Waals surface area contributed by atoms with Crippen LogP contribution in [0.25, 0.3) is 10.8 Å². The van der Waals surface area contributed by atoms with Gasteiger partial charge in [-0.25, -0.2) is 0 Å². The van der Waals surface area contributed by atoms with Gasteiger partial charge in [-0.2, -0.15) is 0 Å². The summed E-state index contributed by atoms with van der Waals surface area (Å²) in [5.41, 5.74) is 2.88. The van der Waals surface area contributed by atoms with Gasteiger partial charge in [0.25, 0.3) is 0 Å². The van der Waals surface area contributed by atoms with Crippen LogP contribution in [0.3, 0.4) is 0 Å². The van der Waals surface area contributed by atoms with Gasteiger partial charge in [0.2, 0.25) is 0 Å². The highest BCUT2D eigenvalue weighted by Crippen LogP contribution is 2.40. The van der Waals surface area contributed by atoms with E-state index < -0.39 is 0 Å². The molecule has 0 aliphatic heterocycles. The van der Waals surface area contributed by atoms with Crippen LogP contribution in [0.1, 0.15) is 18.9 Å². The Labute approximate surface area is 250 Å². The second kappa shape index (κ2) is 14.1. The topological polar surface area (TPSA) is 68.3 Å². The minimum Gasteiger partial charge on any atom is -0.497 e. The van der Waals surface area contributed by atoms with Crippen LogP contribution in [0.15, 0.2) is 89.8 Å². The number of fused-ring (bicyclic) bond motifs is 1. The van der Waals surface area contributed by atoms with Crippen LogP contribution >= 0.6 is 23.5 Å². The fraction of sp³-hybridized carbons (Fsp3) is 0.250. The van der Waals surface area contributed by atoms with Crippen LogP contribution in [-0.4, -0.2) is 45.9 Å². The van der Waals surface area contributed by atoms with Crippen LogP contribution in [-0.2, 0) is 25.6 Å². The second-order valence-corrected chi connectivity index (χ2v) is 10.9. The molecule has 214 valence electrons. The molecule has 7 nitrogen and oxygen atoms in total. The molecule has 0 spiro atoms. The summed E-state index contributed by atoms with van der Waals surface area (Å²) in [7, 11) is 4.41. The number of anilines is 2. The molecule has 0 amide bonds. The van der Waals surface area contributed by atoms with E-state index in [0.717, 1.165) is 38.4 Å². The number of carbonyl (C=O) groups excluding carboxylic acids is 2. The third-order valence-electron chi connectivity index (χ3n) is 6.72. The Kier molecular flexibility index (Phi) is 10.4. The number of halogens is 1. The van der Waals surface area contributed by atoms with Gasteiger partial charge >= 0.3 is 11.9 Å². The molecule has 0 fully saturated rings. The first kappa shape index (κ1) is 30.1. The number of carbonyl (C=O) groups is 2. The molecule has 9 heteroatoms. The maximum Gasteiger partial charge on any atom is 0.326 e. The number of ether oxygens (including phenoxy) is 3. The van der Waals surface area contributed by atoms with Gasteiger partial charge in [-0.3, -0.25) is 9.59 Å². The van der Waals surface area contributed by atoms with Crippen molar-refractivity contribution in [3.05, 3.63) is 95.5 Å². The first-order valence-electron chi connectivity index (χ1n) is 13.1. The van der Waals surface area contributed by atoms with Gasteiger partial charge in [-0.05, 0) is 73.0 Å². The van der Waals surface area contributed by atoms with Crippen LogP contribution < -0.4 is 13.9 Å². The zero-order valence-electron chi connectivity index (χ0n) is 23.5. The van der Waals surface area contributed by atoms with Crippen molar-refractivity contribution in [3.8, 4) is 5.75 Å². The van der Waals surface area contributed by atoms with E-state index in [2.05, 4.69) is 11.0 Å². The largest absolute Gasteiger partial charge is 0.497 e. The predicted molar refractivity (Wildman–Crippen MR) is 166 cm³/mol. The molecule has 4 aromatic rings. The Hall–Kier alpha value is -3.88. The van der Waals surface area contributed by atoms with Crippen LogP contribution in [0.4, 0.5) is 11.4 Å². The van der Waals surface area contributed by atoms with Gasteiger partial charge in [0.05, 0.1) is 33.4 Å². The van der Waals surface area contributed by atoms with Crippen molar-refractivity contribution in [2.45, 2.75) is 30.8 Å². The summed E-state index contributed by atoms with van der Waals surface area (Å²) in [5.74, 6) is 0.125. The zero-order chi connectivity index (χ0) is 29.4. The van der Waals surface area contributed by atoms with Crippen molar-refractivity contribution in [1.29, 1.82) is 0 Å². The SMILES string of the molecule is COC(=O)CC(C)N(Cc1ccc(Cl)cc1)c1ccc(N(CC(=O)OC)Sc2ccc(OC)cc2)c2ccccc12. The molecule has 0 heterocycles. The first-order chi connectivity index (χ1) is 19.8. The highest BCUT2D eigenvalue weighted by atomic mass is 35.5. The normalized spacial score (nSPS) is 11.5. The van der Waals surface area contributed by atoms with Crippen LogP contribution in [0, 0.1) is 0 Å². The van der Waals surface area contributed by atoms with E-state index >= 15 is 0 Å². The Morgan fingerprint density at radius 2 is 1.41 bits per heavy atom. The van der Waals surface area contributed by atoms with Gasteiger partial charge in [0, 0.05) is 39.0 Å². The average molecular weight is 593 g/mol. The lowest BCUT2D eigenvalue weighted by Crippen LogP contribution is -2.35. The van der Waals surface area contributed by atoms with E-state index in [1.165, 1.54) is 26.2 Å². The number of benzene rings is 4. The summed E-state index contributed by atoms with van der Waals surface area (Å²) in [6.07, 6.45) is 0.224. The minimum atomic E-state index is -0.352. The van der Waals surface area contributed by atoms with E-state index in [1.54, 1.807) is 7.11 Å². The lowest BCUT2D eigenvalue weighted by atomic mass is 10.0. The zero-order valence-corrected chi connectivity index (χ0v) is 25.1. The average Bonchev–Trinajstić information content (AvgIpc) is 3.00. The summed E-state index contributed by atoms with van der Waals surface area (Å²) in [5, 5.41) is 2.61. The Bertz CT molecular complexity index is 1480. The minimum absolute atomic E-state index is 0.0454. The van der Waals surface area contributed by atoms with E-state index in [-0.39, 0.29) is 30.9 Å². The highest BCUT2D eigenvalue weighted by molar-refractivity contribution is 8.00. The molecule has 41 heavy (non-hydrogen) atoms. The molecule has 1 unspecified atom stereocenters. The van der Waals surface area contributed by atoms with Gasteiger partial charge in [0.1, 0.15) is 12.3 Å². The number of rotatable bonds is 12. The number of hydrogen-bond donors (Lipinski definition) is 0. The maximum atomic E-state index is 12.5. The quantitative estimate of drug-likeness (QED) is 0.127. The van der Waals surface area contributed by atoms with Gasteiger partial charge in [0.15, 0.2) is 0 Å². The number of hydrogen-bond acceptors (Lipinski definition) is 8. The predicted octanol–water partition coefficient (Wildman–Crippen LogP) is 7.15. The van der Waals surface area contributed by atoms with Crippen LogP contribution in [0.2, 0.25) is 5.02 Å². The van der Waals surface area contributed by atoms with E-state index in [0.29, 0.717) is 11.6 Å². The summed E-state index contributed by atoms with van der Waals surface area (Å²) < 4.78 is 17.2. The Morgan fingerprint density at radius 1 is 0.805 bits per heavy atom. The summed E-state index contributed by atoms with van der Waals surface area (Å²) in [4.78, 5) is 27.9. The standard InChI is InChI=1S/C32H33ClN2O5S/c1-22(19-31(36)39-3)34(20-23-9-11-24(33)12-10-23)29-17-18-30(28-8-6-5-7-27(28)29)35(21-32(37)40-4)41-26-15-13-25(38-2)14-16-26/h5-18,22H,19-21H2,1-4H3. The van der Waals surface area contributed by atoms with Gasteiger partial charge in [-0.1, -0.05) is 48.0 Å². The third-order valence-corrected chi connectivity index (χ3v) is 8.00. The van der Waals surface area contributed by atoms with Gasteiger partial charge in [-0.15, -0.1) is 0 Å². The highest BCUT2D eigenvalue weighted by Gasteiger charge is 2.23. The smallest absolute Gasteiger partial charge is 0.326 e. The summed E-state index contributed by atoms with van der Waals surface area (Å²) in [6.45, 7) is 2.62. The fourth-order valence-electron chi connectivity index (χ4n) is 4.55. The monoisotopic (exact) mass is 592 g/mol. The fourth-order valence-corrected chi connectivity index (χ4v) is 5.61.